The lowest BCUT2D eigenvalue weighted by Crippen LogP contribution is -2.65. The van der Waals surface area contributed by atoms with Crippen LogP contribution < -0.4 is 16.0 Å². The summed E-state index contributed by atoms with van der Waals surface area (Å²) in [5, 5.41) is 17.9. The van der Waals surface area contributed by atoms with E-state index in [-0.39, 0.29) is 18.9 Å². The number of carboxylic acid groups (broad SMARTS) is 1. The molecule has 4 N–H and O–H groups in total. The van der Waals surface area contributed by atoms with E-state index in [4.69, 9.17) is 0 Å². The minimum atomic E-state index is -1.87. The molecule has 0 aromatic heterocycles. The number of rotatable bonds is 11. The molecule has 0 bridgehead atoms. The van der Waals surface area contributed by atoms with Gasteiger partial charge in [0.1, 0.15) is 0 Å². The molecule has 9 heteroatoms. The second-order valence-corrected chi connectivity index (χ2v) is 9.34. The van der Waals surface area contributed by atoms with Crippen molar-refractivity contribution in [3.63, 3.8) is 0 Å². The van der Waals surface area contributed by atoms with Crippen LogP contribution in [0.5, 0.6) is 0 Å². The molecule has 3 amide bonds. The SMILES string of the molecule is CCCCCC(=O)N[C@@](C)(NC(=O)[C@@H]1CCCN(C(=O)CCC2CCNCC2)C1)C(=O)O. The third-order valence-corrected chi connectivity index (χ3v) is 6.57. The fourth-order valence-corrected chi connectivity index (χ4v) is 4.44. The van der Waals surface area contributed by atoms with E-state index in [9.17, 15) is 24.3 Å². The second-order valence-electron chi connectivity index (χ2n) is 9.34. The van der Waals surface area contributed by atoms with E-state index in [2.05, 4.69) is 16.0 Å². The zero-order valence-electron chi connectivity index (χ0n) is 19.6. The van der Waals surface area contributed by atoms with Gasteiger partial charge in [-0.05, 0) is 64.5 Å². The van der Waals surface area contributed by atoms with Gasteiger partial charge in [-0.25, -0.2) is 4.79 Å². The average Bonchev–Trinajstić information content (AvgIpc) is 2.78. The topological polar surface area (TPSA) is 128 Å². The fraction of sp³-hybridized carbons (Fsp3) is 0.826. The van der Waals surface area contributed by atoms with Crippen LogP contribution in [0.4, 0.5) is 0 Å². The molecule has 2 aliphatic rings. The quantitative estimate of drug-likeness (QED) is 0.279. The van der Waals surface area contributed by atoms with Gasteiger partial charge in [0.2, 0.25) is 23.4 Å². The van der Waals surface area contributed by atoms with Crippen molar-refractivity contribution < 1.29 is 24.3 Å². The molecule has 2 fully saturated rings. The summed E-state index contributed by atoms with van der Waals surface area (Å²) in [5.74, 6) is -2.02. The highest BCUT2D eigenvalue weighted by Crippen LogP contribution is 2.22. The molecule has 32 heavy (non-hydrogen) atoms. The molecule has 0 spiro atoms. The summed E-state index contributed by atoms with van der Waals surface area (Å²) in [4.78, 5) is 51.3. The number of unbranched alkanes of at least 4 members (excludes halogenated alkanes) is 2. The first-order valence-electron chi connectivity index (χ1n) is 12.1. The minimum absolute atomic E-state index is 0.0613. The lowest BCUT2D eigenvalue weighted by Gasteiger charge is -2.35. The van der Waals surface area contributed by atoms with Gasteiger partial charge >= 0.3 is 5.97 Å². The van der Waals surface area contributed by atoms with Crippen LogP contribution in [0.3, 0.4) is 0 Å². The summed E-state index contributed by atoms with van der Waals surface area (Å²) >= 11 is 0. The predicted molar refractivity (Wildman–Crippen MR) is 121 cm³/mol. The van der Waals surface area contributed by atoms with E-state index in [1.807, 2.05) is 6.92 Å². The molecule has 0 unspecified atom stereocenters. The number of hydrogen-bond donors (Lipinski definition) is 4. The standard InChI is InChI=1S/C23H40N4O5/c1-3-4-5-8-19(28)25-23(2,22(31)32)26-21(30)18-7-6-15-27(16-18)20(29)10-9-17-11-13-24-14-12-17/h17-18,24H,3-16H2,1-2H3,(H,25,28)(H,26,30)(H,31,32)/t18-,23+/m1/s1. The number of carbonyl (C=O) groups excluding carboxylic acids is 3. The third-order valence-electron chi connectivity index (χ3n) is 6.57. The summed E-state index contributed by atoms with van der Waals surface area (Å²) in [6.45, 7) is 6.22. The van der Waals surface area contributed by atoms with Gasteiger partial charge in [-0.1, -0.05) is 19.8 Å². The Hall–Kier alpha value is -2.16. The summed E-state index contributed by atoms with van der Waals surface area (Å²) in [6.07, 6.45) is 7.55. The average molecular weight is 453 g/mol. The molecule has 2 atom stereocenters. The van der Waals surface area contributed by atoms with E-state index in [1.165, 1.54) is 6.92 Å². The van der Waals surface area contributed by atoms with Crippen LogP contribution in [0.1, 0.15) is 78.1 Å². The summed E-state index contributed by atoms with van der Waals surface area (Å²) in [6, 6.07) is 0. The van der Waals surface area contributed by atoms with Crippen LogP contribution in [0, 0.1) is 11.8 Å². The first-order valence-corrected chi connectivity index (χ1v) is 12.1. The van der Waals surface area contributed by atoms with Crippen molar-refractivity contribution in [3.8, 4) is 0 Å². The molecule has 0 aliphatic carbocycles. The smallest absolute Gasteiger partial charge is 0.350 e. The molecule has 9 nitrogen and oxygen atoms in total. The van der Waals surface area contributed by atoms with Gasteiger partial charge in [-0.2, -0.15) is 0 Å². The number of likely N-dealkylation sites (tertiary alicyclic amines) is 1. The van der Waals surface area contributed by atoms with Crippen LogP contribution in [-0.4, -0.2) is 65.5 Å². The molecular weight excluding hydrogens is 412 g/mol. The highest BCUT2D eigenvalue weighted by Gasteiger charge is 2.39. The Balaban J connectivity index is 1.87. The van der Waals surface area contributed by atoms with E-state index >= 15 is 0 Å². The predicted octanol–water partition coefficient (Wildman–Crippen LogP) is 1.62. The summed E-state index contributed by atoms with van der Waals surface area (Å²) < 4.78 is 0. The fourth-order valence-electron chi connectivity index (χ4n) is 4.44. The van der Waals surface area contributed by atoms with Gasteiger partial charge < -0.3 is 26.0 Å². The normalized spacial score (nSPS) is 21.4. The first kappa shape index (κ1) is 26.1. The molecule has 2 saturated heterocycles. The molecule has 0 aromatic rings. The Morgan fingerprint density at radius 1 is 1.06 bits per heavy atom. The van der Waals surface area contributed by atoms with Crippen LogP contribution in [0.2, 0.25) is 0 Å². The van der Waals surface area contributed by atoms with Crippen LogP contribution in [0.15, 0.2) is 0 Å². The highest BCUT2D eigenvalue weighted by atomic mass is 16.4. The maximum Gasteiger partial charge on any atom is 0.350 e. The van der Waals surface area contributed by atoms with Crippen molar-refractivity contribution in [2.45, 2.75) is 83.7 Å². The molecule has 2 aliphatic heterocycles. The van der Waals surface area contributed by atoms with Crippen LogP contribution >= 0.6 is 0 Å². The van der Waals surface area contributed by atoms with E-state index in [0.29, 0.717) is 38.1 Å². The monoisotopic (exact) mass is 452 g/mol. The van der Waals surface area contributed by atoms with Gasteiger partial charge in [0.05, 0.1) is 5.92 Å². The van der Waals surface area contributed by atoms with Gasteiger partial charge in [0.15, 0.2) is 0 Å². The number of nitrogens with zero attached hydrogens (tertiary/aromatic N) is 1. The Kier molecular flexibility index (Phi) is 10.4. The molecule has 2 heterocycles. The first-order chi connectivity index (χ1) is 15.2. The van der Waals surface area contributed by atoms with Crippen molar-refractivity contribution in [1.29, 1.82) is 0 Å². The number of nitrogens with one attached hydrogen (secondary N) is 3. The van der Waals surface area contributed by atoms with Gasteiger partial charge in [0.25, 0.3) is 0 Å². The van der Waals surface area contributed by atoms with Gasteiger partial charge in [-0.3, -0.25) is 14.4 Å². The zero-order valence-corrected chi connectivity index (χ0v) is 19.6. The Bertz CT molecular complexity index is 665. The van der Waals surface area contributed by atoms with Crippen molar-refractivity contribution in [3.05, 3.63) is 0 Å². The molecule has 182 valence electrons. The molecule has 0 radical (unpaired) electrons. The van der Waals surface area contributed by atoms with Crippen molar-refractivity contribution in [2.75, 3.05) is 26.2 Å². The number of aliphatic carboxylic acids is 1. The van der Waals surface area contributed by atoms with E-state index < -0.39 is 29.4 Å². The Labute approximate surface area is 191 Å². The van der Waals surface area contributed by atoms with Crippen LogP contribution in [-0.2, 0) is 19.2 Å². The summed E-state index contributed by atoms with van der Waals surface area (Å²) in [5.41, 5.74) is -1.87. The van der Waals surface area contributed by atoms with Gasteiger partial charge in [-0.15, -0.1) is 0 Å². The van der Waals surface area contributed by atoms with Crippen molar-refractivity contribution in [2.24, 2.45) is 11.8 Å². The Morgan fingerprint density at radius 2 is 1.78 bits per heavy atom. The minimum Gasteiger partial charge on any atom is -0.478 e. The number of hydrogen-bond acceptors (Lipinski definition) is 5. The van der Waals surface area contributed by atoms with E-state index in [0.717, 1.165) is 45.2 Å². The third kappa shape index (κ3) is 8.07. The number of carbonyl (C=O) groups is 4. The molecule has 0 saturated carbocycles. The largest absolute Gasteiger partial charge is 0.478 e. The molecule has 0 aromatic carbocycles. The summed E-state index contributed by atoms with van der Waals surface area (Å²) in [7, 11) is 0. The lowest BCUT2D eigenvalue weighted by atomic mass is 9.92. The van der Waals surface area contributed by atoms with E-state index in [1.54, 1.807) is 4.90 Å². The maximum atomic E-state index is 12.9. The van der Waals surface area contributed by atoms with Crippen molar-refractivity contribution in [1.82, 2.24) is 20.9 Å². The lowest BCUT2D eigenvalue weighted by molar-refractivity contribution is -0.152. The van der Waals surface area contributed by atoms with Crippen LogP contribution in [0.25, 0.3) is 0 Å². The molecular formula is C23H40N4O5. The maximum absolute atomic E-state index is 12.9. The van der Waals surface area contributed by atoms with Crippen molar-refractivity contribution >= 4 is 23.7 Å². The number of amides is 3. The molecule has 2 rings (SSSR count). The number of carboxylic acids is 1. The number of piperidine rings is 2. The Morgan fingerprint density at radius 3 is 2.44 bits per heavy atom. The second kappa shape index (κ2) is 12.8. The zero-order chi connectivity index (χ0) is 23.6. The van der Waals surface area contributed by atoms with Gasteiger partial charge in [0, 0.05) is 25.9 Å². The highest BCUT2D eigenvalue weighted by molar-refractivity contribution is 5.91.